The van der Waals surface area contributed by atoms with Gasteiger partial charge in [0.2, 0.25) is 5.91 Å². The average Bonchev–Trinajstić information content (AvgIpc) is 3.14. The first-order chi connectivity index (χ1) is 16.0. The van der Waals surface area contributed by atoms with E-state index < -0.39 is 0 Å². The predicted octanol–water partition coefficient (Wildman–Crippen LogP) is 5.23. The average molecular weight is 446 g/mol. The number of imidazole rings is 1. The van der Waals surface area contributed by atoms with Crippen LogP contribution in [0.4, 0.5) is 0 Å². The molecule has 174 valence electrons. The number of carbonyl (C=O) groups is 1. The van der Waals surface area contributed by atoms with E-state index in [-0.39, 0.29) is 17.4 Å². The van der Waals surface area contributed by atoms with E-state index in [0.29, 0.717) is 18.3 Å². The minimum absolute atomic E-state index is 0.0582. The molecule has 3 atom stereocenters. The number of likely N-dealkylation sites (tertiary alicyclic amines) is 1. The van der Waals surface area contributed by atoms with Crippen molar-refractivity contribution in [3.8, 4) is 0 Å². The molecule has 33 heavy (non-hydrogen) atoms. The molecule has 4 heterocycles. The lowest BCUT2D eigenvalue weighted by atomic mass is 9.67. The first-order valence-corrected chi connectivity index (χ1v) is 12.3. The van der Waals surface area contributed by atoms with E-state index >= 15 is 0 Å². The van der Waals surface area contributed by atoms with Gasteiger partial charge in [-0.3, -0.25) is 4.79 Å². The fourth-order valence-corrected chi connectivity index (χ4v) is 5.96. The number of nitrogens with zero attached hydrogens (tertiary/aromatic N) is 3. The van der Waals surface area contributed by atoms with Gasteiger partial charge in [0, 0.05) is 24.7 Å². The molecule has 2 saturated heterocycles. The van der Waals surface area contributed by atoms with Crippen LogP contribution in [0.5, 0.6) is 0 Å². The number of fused-ring (bicyclic) bond motifs is 1. The number of aryl methyl sites for hydroxylation is 1. The molecule has 3 aromatic rings. The number of rotatable bonds is 4. The summed E-state index contributed by atoms with van der Waals surface area (Å²) in [5.41, 5.74) is 4.17. The van der Waals surface area contributed by atoms with Gasteiger partial charge in [-0.15, -0.1) is 0 Å². The summed E-state index contributed by atoms with van der Waals surface area (Å²) in [6.45, 7) is 8.98. The van der Waals surface area contributed by atoms with Crippen LogP contribution in [0.2, 0.25) is 0 Å². The van der Waals surface area contributed by atoms with Crippen molar-refractivity contribution in [1.82, 2.24) is 14.3 Å². The van der Waals surface area contributed by atoms with Crippen molar-refractivity contribution in [1.29, 1.82) is 0 Å². The highest BCUT2D eigenvalue weighted by Gasteiger charge is 2.46. The van der Waals surface area contributed by atoms with Gasteiger partial charge < -0.3 is 14.0 Å². The van der Waals surface area contributed by atoms with Gasteiger partial charge in [0.1, 0.15) is 5.65 Å². The second kappa shape index (κ2) is 8.94. The van der Waals surface area contributed by atoms with Crippen LogP contribution < -0.4 is 0 Å². The summed E-state index contributed by atoms with van der Waals surface area (Å²) in [6, 6.07) is 16.6. The summed E-state index contributed by atoms with van der Waals surface area (Å²) in [5.74, 6) is 1.19. The van der Waals surface area contributed by atoms with Crippen molar-refractivity contribution in [3.05, 3.63) is 71.7 Å². The molecule has 1 spiro atoms. The number of hydrogen-bond acceptors (Lipinski definition) is 3. The van der Waals surface area contributed by atoms with Crippen LogP contribution in [0, 0.1) is 24.2 Å². The van der Waals surface area contributed by atoms with Crippen molar-refractivity contribution < 1.29 is 9.53 Å². The minimum Gasteiger partial charge on any atom is -0.373 e. The number of carbonyl (C=O) groups excluding carboxylic acids is 1. The Kier molecular flexibility index (Phi) is 6.00. The Balaban J connectivity index is 1.32. The van der Waals surface area contributed by atoms with Gasteiger partial charge in [-0.2, -0.15) is 0 Å². The third-order valence-electron chi connectivity index (χ3n) is 7.77. The first kappa shape index (κ1) is 22.1. The molecule has 1 amide bonds. The summed E-state index contributed by atoms with van der Waals surface area (Å²) >= 11 is 0. The van der Waals surface area contributed by atoms with Gasteiger partial charge in [-0.05, 0) is 55.7 Å². The molecule has 5 rings (SSSR count). The number of benzene rings is 1. The summed E-state index contributed by atoms with van der Waals surface area (Å²) in [4.78, 5) is 20.2. The maximum atomic E-state index is 13.4. The molecule has 0 N–H and O–H groups in total. The van der Waals surface area contributed by atoms with Gasteiger partial charge in [0.05, 0.1) is 30.5 Å². The quantitative estimate of drug-likeness (QED) is 0.553. The number of hydrogen-bond donors (Lipinski definition) is 0. The summed E-state index contributed by atoms with van der Waals surface area (Å²) in [6.07, 6.45) is 5.83. The smallest absolute Gasteiger partial charge is 0.228 e. The van der Waals surface area contributed by atoms with E-state index in [9.17, 15) is 4.79 Å². The minimum atomic E-state index is 0.0582. The third-order valence-corrected chi connectivity index (χ3v) is 7.77. The van der Waals surface area contributed by atoms with Crippen molar-refractivity contribution in [2.75, 3.05) is 19.7 Å². The second-order valence-electron chi connectivity index (χ2n) is 10.4. The van der Waals surface area contributed by atoms with Crippen molar-refractivity contribution in [3.63, 3.8) is 0 Å². The third kappa shape index (κ3) is 4.31. The SMILES string of the molecule is Cc1nc2ccccn2c1CC(=O)N1CCC[C@]2(CO[C@@H](c3ccccc3)[C@H](C(C)C)C2)C1. The summed E-state index contributed by atoms with van der Waals surface area (Å²) < 4.78 is 8.64. The van der Waals surface area contributed by atoms with Crippen LogP contribution in [-0.2, 0) is 16.0 Å². The largest absolute Gasteiger partial charge is 0.373 e. The topological polar surface area (TPSA) is 46.8 Å². The number of pyridine rings is 1. The van der Waals surface area contributed by atoms with Crippen molar-refractivity contribution in [2.45, 2.75) is 52.6 Å². The van der Waals surface area contributed by atoms with Crippen LogP contribution in [0.1, 0.15) is 56.2 Å². The molecular formula is C28H35N3O2. The molecule has 0 saturated carbocycles. The molecule has 5 heteroatoms. The number of ether oxygens (including phenoxy) is 1. The van der Waals surface area contributed by atoms with E-state index in [0.717, 1.165) is 56.0 Å². The number of amides is 1. The highest BCUT2D eigenvalue weighted by atomic mass is 16.5. The van der Waals surface area contributed by atoms with E-state index in [1.807, 2.05) is 31.3 Å². The Morgan fingerprint density at radius 1 is 1.18 bits per heavy atom. The highest BCUT2D eigenvalue weighted by molar-refractivity contribution is 5.79. The molecule has 0 radical (unpaired) electrons. The Bertz CT molecular complexity index is 1120. The fourth-order valence-electron chi connectivity index (χ4n) is 5.96. The molecule has 2 aliphatic rings. The molecule has 5 nitrogen and oxygen atoms in total. The number of piperidine rings is 1. The molecule has 2 fully saturated rings. The molecule has 0 bridgehead atoms. The van der Waals surface area contributed by atoms with Crippen LogP contribution in [-0.4, -0.2) is 39.9 Å². The lowest BCUT2D eigenvalue weighted by Crippen LogP contribution is -2.52. The summed E-state index contributed by atoms with van der Waals surface area (Å²) in [5, 5.41) is 0. The molecular weight excluding hydrogens is 410 g/mol. The van der Waals surface area contributed by atoms with Crippen molar-refractivity contribution >= 4 is 11.6 Å². The molecule has 0 aliphatic carbocycles. The molecule has 2 aliphatic heterocycles. The molecule has 0 unspecified atom stereocenters. The molecule has 2 aromatic heterocycles. The van der Waals surface area contributed by atoms with E-state index in [2.05, 4.69) is 58.5 Å². The molecule has 1 aromatic carbocycles. The highest BCUT2D eigenvalue weighted by Crippen LogP contribution is 2.48. The Labute approximate surface area is 196 Å². The fraction of sp³-hybridized carbons (Fsp3) is 0.500. The van der Waals surface area contributed by atoms with Gasteiger partial charge in [-0.25, -0.2) is 4.98 Å². The van der Waals surface area contributed by atoms with E-state index in [1.165, 1.54) is 5.56 Å². The van der Waals surface area contributed by atoms with Crippen LogP contribution in [0.15, 0.2) is 54.7 Å². The normalized spacial score (nSPS) is 25.8. The second-order valence-corrected chi connectivity index (χ2v) is 10.4. The Morgan fingerprint density at radius 2 is 1.97 bits per heavy atom. The van der Waals surface area contributed by atoms with E-state index in [1.54, 1.807) is 0 Å². The lowest BCUT2D eigenvalue weighted by molar-refractivity contribution is -0.150. The first-order valence-electron chi connectivity index (χ1n) is 12.3. The Hall–Kier alpha value is -2.66. The monoisotopic (exact) mass is 445 g/mol. The van der Waals surface area contributed by atoms with Gasteiger partial charge in [0.15, 0.2) is 0 Å². The number of aromatic nitrogens is 2. The van der Waals surface area contributed by atoms with Crippen molar-refractivity contribution in [2.24, 2.45) is 17.3 Å². The van der Waals surface area contributed by atoms with Crippen LogP contribution >= 0.6 is 0 Å². The van der Waals surface area contributed by atoms with E-state index in [4.69, 9.17) is 4.74 Å². The summed E-state index contributed by atoms with van der Waals surface area (Å²) in [7, 11) is 0. The zero-order valence-corrected chi connectivity index (χ0v) is 20.0. The Morgan fingerprint density at radius 3 is 2.76 bits per heavy atom. The van der Waals surface area contributed by atoms with Gasteiger partial charge >= 0.3 is 0 Å². The lowest BCUT2D eigenvalue weighted by Gasteiger charge is -2.50. The zero-order valence-electron chi connectivity index (χ0n) is 20.0. The van der Waals surface area contributed by atoms with Gasteiger partial charge in [0.25, 0.3) is 0 Å². The maximum absolute atomic E-state index is 13.4. The maximum Gasteiger partial charge on any atom is 0.228 e. The van der Waals surface area contributed by atoms with Gasteiger partial charge in [-0.1, -0.05) is 50.2 Å². The standard InChI is InChI=1S/C28H35N3O2/c1-20(2)23-17-28(19-33-27(23)22-10-5-4-6-11-22)13-9-14-30(18-28)26(32)16-24-21(3)29-25-12-7-8-15-31(24)25/h4-8,10-12,15,20,23,27H,9,13-14,16-19H2,1-3H3/t23-,27-,28+/m0/s1. The zero-order chi connectivity index (χ0) is 23.0. The predicted molar refractivity (Wildman–Crippen MR) is 130 cm³/mol. The van der Waals surface area contributed by atoms with Crippen LogP contribution in [0.3, 0.4) is 0 Å². The van der Waals surface area contributed by atoms with Crippen LogP contribution in [0.25, 0.3) is 5.65 Å².